The van der Waals surface area contributed by atoms with E-state index in [-0.39, 0.29) is 0 Å². The topological polar surface area (TPSA) is 12.0 Å². The Hall–Kier alpha value is -1.24. The van der Waals surface area contributed by atoms with Gasteiger partial charge in [-0.1, -0.05) is 24.3 Å². The van der Waals surface area contributed by atoms with Crippen LogP contribution in [0.2, 0.25) is 0 Å². The summed E-state index contributed by atoms with van der Waals surface area (Å²) < 4.78 is 0. The van der Waals surface area contributed by atoms with E-state index in [9.17, 15) is 0 Å². The van der Waals surface area contributed by atoms with Crippen LogP contribution in [-0.4, -0.2) is 6.54 Å². The second-order valence-corrected chi connectivity index (χ2v) is 2.82. The van der Waals surface area contributed by atoms with Gasteiger partial charge in [0.25, 0.3) is 0 Å². The Labute approximate surface area is 74.1 Å². The number of para-hydroxylation sites is 1. The zero-order valence-electron chi connectivity index (χ0n) is 7.51. The number of hydrogen-bond acceptors (Lipinski definition) is 1. The van der Waals surface area contributed by atoms with Crippen LogP contribution in [0.15, 0.2) is 36.9 Å². The van der Waals surface area contributed by atoms with Gasteiger partial charge in [0.15, 0.2) is 0 Å². The molecule has 0 aliphatic rings. The Morgan fingerprint density at radius 2 is 2.17 bits per heavy atom. The summed E-state index contributed by atoms with van der Waals surface area (Å²) in [7, 11) is 0. The van der Waals surface area contributed by atoms with E-state index in [4.69, 9.17) is 0 Å². The molecule has 0 heterocycles. The lowest BCUT2D eigenvalue weighted by Gasteiger charge is -2.06. The quantitative estimate of drug-likeness (QED) is 0.528. The molecule has 0 unspecified atom stereocenters. The van der Waals surface area contributed by atoms with E-state index in [1.165, 1.54) is 11.3 Å². The van der Waals surface area contributed by atoms with Gasteiger partial charge in [-0.3, -0.25) is 0 Å². The summed E-state index contributed by atoms with van der Waals surface area (Å²) in [5.41, 5.74) is 2.51. The molecule has 1 nitrogen and oxygen atoms in total. The summed E-state index contributed by atoms with van der Waals surface area (Å²) in [5, 5.41) is 3.34. The number of anilines is 1. The lowest BCUT2D eigenvalue weighted by molar-refractivity contribution is 1.07. The average molecular weight is 161 g/mol. The molecule has 12 heavy (non-hydrogen) atoms. The average Bonchev–Trinajstić information content (AvgIpc) is 2.09. The molecule has 0 spiro atoms. The van der Waals surface area contributed by atoms with E-state index >= 15 is 0 Å². The fourth-order valence-corrected chi connectivity index (χ4v) is 1.08. The predicted octanol–water partition coefficient (Wildman–Crippen LogP) is 2.98. The van der Waals surface area contributed by atoms with Crippen LogP contribution in [0, 0.1) is 6.92 Å². The maximum absolute atomic E-state index is 3.67. The molecule has 0 saturated carbocycles. The van der Waals surface area contributed by atoms with Gasteiger partial charge in [0.2, 0.25) is 0 Å². The highest BCUT2D eigenvalue weighted by molar-refractivity contribution is 5.50. The third-order valence-corrected chi connectivity index (χ3v) is 1.81. The number of rotatable bonds is 4. The van der Waals surface area contributed by atoms with Crippen LogP contribution in [0.5, 0.6) is 0 Å². The van der Waals surface area contributed by atoms with E-state index < -0.39 is 0 Å². The fourth-order valence-electron chi connectivity index (χ4n) is 1.08. The standard InChI is InChI=1S/C11H15N/c1-3-4-9-12-11-8-6-5-7-10(11)2/h3,5-8,12H,1,4,9H2,2H3. The molecule has 0 bridgehead atoms. The van der Waals surface area contributed by atoms with Crippen molar-refractivity contribution in [1.29, 1.82) is 0 Å². The largest absolute Gasteiger partial charge is 0.385 e. The first-order chi connectivity index (χ1) is 5.84. The Balaban J connectivity index is 2.51. The van der Waals surface area contributed by atoms with Crippen molar-refractivity contribution in [2.24, 2.45) is 0 Å². The van der Waals surface area contributed by atoms with Crippen molar-refractivity contribution in [3.8, 4) is 0 Å². The molecule has 1 N–H and O–H groups in total. The van der Waals surface area contributed by atoms with E-state index in [0.29, 0.717) is 0 Å². The Bertz CT molecular complexity index is 253. The summed E-state index contributed by atoms with van der Waals surface area (Å²) in [6, 6.07) is 8.30. The monoisotopic (exact) mass is 161 g/mol. The number of nitrogens with one attached hydrogen (secondary N) is 1. The molecular weight excluding hydrogens is 146 g/mol. The molecule has 0 aliphatic heterocycles. The Morgan fingerprint density at radius 1 is 1.42 bits per heavy atom. The fraction of sp³-hybridized carbons (Fsp3) is 0.273. The highest BCUT2D eigenvalue weighted by atomic mass is 14.9. The Morgan fingerprint density at radius 3 is 2.83 bits per heavy atom. The first-order valence-corrected chi connectivity index (χ1v) is 4.25. The van der Waals surface area contributed by atoms with E-state index in [1.807, 2.05) is 18.2 Å². The minimum atomic E-state index is 0.967. The maximum atomic E-state index is 3.67. The van der Waals surface area contributed by atoms with Crippen molar-refractivity contribution >= 4 is 5.69 Å². The third-order valence-electron chi connectivity index (χ3n) is 1.81. The zero-order valence-corrected chi connectivity index (χ0v) is 7.51. The van der Waals surface area contributed by atoms with Crippen molar-refractivity contribution in [1.82, 2.24) is 0 Å². The highest BCUT2D eigenvalue weighted by Crippen LogP contribution is 2.12. The Kier molecular flexibility index (Phi) is 3.39. The van der Waals surface area contributed by atoms with Crippen LogP contribution >= 0.6 is 0 Å². The number of benzene rings is 1. The molecule has 1 aromatic rings. The molecule has 0 atom stereocenters. The van der Waals surface area contributed by atoms with E-state index in [2.05, 4.69) is 31.0 Å². The van der Waals surface area contributed by atoms with Gasteiger partial charge in [-0.2, -0.15) is 0 Å². The first kappa shape index (κ1) is 8.85. The molecule has 0 aliphatic carbocycles. The SMILES string of the molecule is C=CCCNc1ccccc1C. The van der Waals surface area contributed by atoms with Crippen LogP contribution in [0.1, 0.15) is 12.0 Å². The van der Waals surface area contributed by atoms with E-state index in [1.54, 1.807) is 0 Å². The molecule has 0 saturated heterocycles. The van der Waals surface area contributed by atoms with Crippen molar-refractivity contribution in [3.05, 3.63) is 42.5 Å². The van der Waals surface area contributed by atoms with Crippen LogP contribution in [0.25, 0.3) is 0 Å². The van der Waals surface area contributed by atoms with Gasteiger partial charge < -0.3 is 5.32 Å². The van der Waals surface area contributed by atoms with Crippen LogP contribution in [-0.2, 0) is 0 Å². The van der Waals surface area contributed by atoms with Crippen molar-refractivity contribution in [3.63, 3.8) is 0 Å². The molecule has 0 amide bonds. The molecule has 1 heteroatoms. The van der Waals surface area contributed by atoms with Gasteiger partial charge in [-0.25, -0.2) is 0 Å². The van der Waals surface area contributed by atoms with Crippen molar-refractivity contribution in [2.75, 3.05) is 11.9 Å². The number of hydrogen-bond donors (Lipinski definition) is 1. The van der Waals surface area contributed by atoms with Gasteiger partial charge in [0.1, 0.15) is 0 Å². The zero-order chi connectivity index (χ0) is 8.81. The molecule has 0 fully saturated rings. The summed E-state index contributed by atoms with van der Waals surface area (Å²) in [6.45, 7) is 6.75. The van der Waals surface area contributed by atoms with Gasteiger partial charge in [0, 0.05) is 12.2 Å². The minimum Gasteiger partial charge on any atom is -0.385 e. The summed E-state index contributed by atoms with van der Waals surface area (Å²) in [6.07, 6.45) is 2.93. The molecule has 0 aromatic heterocycles. The third kappa shape index (κ3) is 2.42. The minimum absolute atomic E-state index is 0.967. The normalized spacial score (nSPS) is 9.42. The molecule has 1 aromatic carbocycles. The maximum Gasteiger partial charge on any atom is 0.0369 e. The summed E-state index contributed by atoms with van der Waals surface area (Å²) in [4.78, 5) is 0. The van der Waals surface area contributed by atoms with Crippen LogP contribution in [0.4, 0.5) is 5.69 Å². The molecule has 64 valence electrons. The van der Waals surface area contributed by atoms with Gasteiger partial charge in [-0.15, -0.1) is 6.58 Å². The van der Waals surface area contributed by atoms with Crippen molar-refractivity contribution < 1.29 is 0 Å². The number of aryl methyl sites for hydroxylation is 1. The lowest BCUT2D eigenvalue weighted by atomic mass is 10.2. The van der Waals surface area contributed by atoms with Gasteiger partial charge in [0.05, 0.1) is 0 Å². The second kappa shape index (κ2) is 4.60. The van der Waals surface area contributed by atoms with Gasteiger partial charge >= 0.3 is 0 Å². The summed E-state index contributed by atoms with van der Waals surface area (Å²) in [5.74, 6) is 0. The van der Waals surface area contributed by atoms with Crippen LogP contribution < -0.4 is 5.32 Å². The highest BCUT2D eigenvalue weighted by Gasteiger charge is 1.92. The van der Waals surface area contributed by atoms with Gasteiger partial charge in [-0.05, 0) is 25.0 Å². The lowest BCUT2D eigenvalue weighted by Crippen LogP contribution is -2.01. The molecular formula is C11H15N. The molecule has 1 rings (SSSR count). The summed E-state index contributed by atoms with van der Waals surface area (Å²) >= 11 is 0. The molecule has 0 radical (unpaired) electrons. The van der Waals surface area contributed by atoms with Crippen molar-refractivity contribution in [2.45, 2.75) is 13.3 Å². The smallest absolute Gasteiger partial charge is 0.0369 e. The second-order valence-electron chi connectivity index (χ2n) is 2.82. The van der Waals surface area contributed by atoms with Crippen LogP contribution in [0.3, 0.4) is 0 Å². The first-order valence-electron chi connectivity index (χ1n) is 4.25. The predicted molar refractivity (Wildman–Crippen MR) is 54.5 cm³/mol. The van der Waals surface area contributed by atoms with E-state index in [0.717, 1.165) is 13.0 Å².